The van der Waals surface area contributed by atoms with Gasteiger partial charge in [0.15, 0.2) is 0 Å². The number of piperazine rings is 1. The third kappa shape index (κ3) is 2.84. The average molecular weight is 262 g/mol. The maximum Gasteiger partial charge on any atom is 0.0951 e. The first-order chi connectivity index (χ1) is 9.31. The molecule has 1 saturated heterocycles. The maximum absolute atomic E-state index is 4.36. The Morgan fingerprint density at radius 3 is 2.84 bits per heavy atom. The lowest BCUT2D eigenvalue weighted by Crippen LogP contribution is -2.55. The van der Waals surface area contributed by atoms with Crippen molar-refractivity contribution in [3.8, 4) is 0 Å². The Hall–Kier alpha value is -0.870. The van der Waals surface area contributed by atoms with Gasteiger partial charge in [-0.05, 0) is 25.7 Å². The van der Waals surface area contributed by atoms with E-state index in [4.69, 9.17) is 0 Å². The summed E-state index contributed by atoms with van der Waals surface area (Å²) >= 11 is 0. The summed E-state index contributed by atoms with van der Waals surface area (Å²) in [6, 6.07) is 2.06. The highest BCUT2D eigenvalue weighted by atomic mass is 15.2. The summed E-state index contributed by atoms with van der Waals surface area (Å²) in [5.41, 5.74) is 1.40. The topological polar surface area (TPSA) is 33.1 Å². The Balaban J connectivity index is 1.70. The molecule has 0 aromatic carbocycles. The molecule has 1 aliphatic carbocycles. The summed E-state index contributed by atoms with van der Waals surface area (Å²) in [5, 5.41) is 3.66. The Morgan fingerprint density at radius 1 is 1.32 bits per heavy atom. The van der Waals surface area contributed by atoms with Crippen LogP contribution in [-0.4, -0.2) is 39.6 Å². The van der Waals surface area contributed by atoms with Gasteiger partial charge in [0.25, 0.3) is 0 Å². The number of rotatable bonds is 5. The van der Waals surface area contributed by atoms with Gasteiger partial charge in [-0.25, -0.2) is 4.98 Å². The maximum atomic E-state index is 4.36. The normalized spacial score (nSPS) is 28.7. The Kier molecular flexibility index (Phi) is 3.89. The molecule has 2 atom stereocenters. The smallest absolute Gasteiger partial charge is 0.0951 e. The van der Waals surface area contributed by atoms with E-state index in [0.717, 1.165) is 19.1 Å². The second kappa shape index (κ2) is 5.63. The lowest BCUT2D eigenvalue weighted by atomic mass is 10.0. The van der Waals surface area contributed by atoms with Crippen LogP contribution in [0, 0.1) is 0 Å². The van der Waals surface area contributed by atoms with Crippen molar-refractivity contribution in [1.29, 1.82) is 0 Å². The van der Waals surface area contributed by atoms with E-state index < -0.39 is 0 Å². The highest BCUT2D eigenvalue weighted by molar-refractivity contribution is 5.04. The molecule has 1 aromatic rings. The fourth-order valence-corrected chi connectivity index (χ4v) is 3.14. The monoisotopic (exact) mass is 262 g/mol. The van der Waals surface area contributed by atoms with E-state index in [1.54, 1.807) is 0 Å². The number of hydrogen-bond donors (Lipinski definition) is 1. The number of hydrogen-bond acceptors (Lipinski definition) is 3. The number of aromatic nitrogens is 2. The minimum Gasteiger partial charge on any atom is -0.330 e. The molecule has 19 heavy (non-hydrogen) atoms. The summed E-state index contributed by atoms with van der Waals surface area (Å²) in [5.74, 6) is 0. The Labute approximate surface area is 116 Å². The summed E-state index contributed by atoms with van der Waals surface area (Å²) < 4.78 is 2.40. The van der Waals surface area contributed by atoms with Crippen molar-refractivity contribution in [2.24, 2.45) is 0 Å². The van der Waals surface area contributed by atoms with Crippen molar-refractivity contribution in [2.75, 3.05) is 13.1 Å². The van der Waals surface area contributed by atoms with Crippen LogP contribution in [0.3, 0.4) is 0 Å². The van der Waals surface area contributed by atoms with Crippen LogP contribution >= 0.6 is 0 Å². The highest BCUT2D eigenvalue weighted by Crippen LogP contribution is 2.36. The largest absolute Gasteiger partial charge is 0.330 e. The molecule has 4 heteroatoms. The van der Waals surface area contributed by atoms with Crippen LogP contribution in [0.15, 0.2) is 12.5 Å². The molecule has 0 bridgehead atoms. The lowest BCUT2D eigenvalue weighted by molar-refractivity contribution is 0.114. The standard InChI is InChI=1S/C15H26N4/c1-3-12-9-18(13(4-2)8-17-12)10-15-7-16-11-19(15)14-5-6-14/h7,11-14,17H,3-6,8-10H2,1-2H3. The first-order valence-corrected chi connectivity index (χ1v) is 7.80. The lowest BCUT2D eigenvalue weighted by Gasteiger charge is -2.40. The van der Waals surface area contributed by atoms with Crippen LogP contribution < -0.4 is 5.32 Å². The van der Waals surface area contributed by atoms with Crippen molar-refractivity contribution in [1.82, 2.24) is 19.8 Å². The SMILES string of the molecule is CCC1CN(Cc2cncn2C2CC2)C(CC)CN1. The van der Waals surface area contributed by atoms with Crippen LogP contribution in [0.4, 0.5) is 0 Å². The second-order valence-corrected chi connectivity index (χ2v) is 6.03. The zero-order valence-electron chi connectivity index (χ0n) is 12.2. The molecule has 2 aliphatic rings. The molecule has 2 heterocycles. The second-order valence-electron chi connectivity index (χ2n) is 6.03. The molecule has 1 saturated carbocycles. The van der Waals surface area contributed by atoms with E-state index in [1.165, 1.54) is 37.9 Å². The van der Waals surface area contributed by atoms with E-state index in [-0.39, 0.29) is 0 Å². The molecule has 2 fully saturated rings. The quantitative estimate of drug-likeness (QED) is 0.883. The van der Waals surface area contributed by atoms with E-state index in [0.29, 0.717) is 12.1 Å². The molecule has 3 rings (SSSR count). The van der Waals surface area contributed by atoms with Crippen LogP contribution in [0.2, 0.25) is 0 Å². The van der Waals surface area contributed by atoms with Gasteiger partial charge in [-0.1, -0.05) is 13.8 Å². The van der Waals surface area contributed by atoms with Gasteiger partial charge in [0, 0.05) is 44.0 Å². The van der Waals surface area contributed by atoms with Gasteiger partial charge in [0.1, 0.15) is 0 Å². The van der Waals surface area contributed by atoms with Crippen LogP contribution in [0.25, 0.3) is 0 Å². The van der Waals surface area contributed by atoms with Crippen LogP contribution in [0.1, 0.15) is 51.3 Å². The molecule has 0 amide bonds. The van der Waals surface area contributed by atoms with Gasteiger partial charge >= 0.3 is 0 Å². The fraction of sp³-hybridized carbons (Fsp3) is 0.800. The van der Waals surface area contributed by atoms with Crippen molar-refractivity contribution < 1.29 is 0 Å². The summed E-state index contributed by atoms with van der Waals surface area (Å²) in [6.07, 6.45) is 9.19. The molecule has 4 nitrogen and oxygen atoms in total. The van der Waals surface area contributed by atoms with Crippen molar-refractivity contribution in [3.63, 3.8) is 0 Å². The molecule has 0 radical (unpaired) electrons. The van der Waals surface area contributed by atoms with Gasteiger partial charge in [-0.2, -0.15) is 0 Å². The van der Waals surface area contributed by atoms with Gasteiger partial charge < -0.3 is 9.88 Å². The van der Waals surface area contributed by atoms with Crippen LogP contribution in [0.5, 0.6) is 0 Å². The summed E-state index contributed by atoms with van der Waals surface area (Å²) in [4.78, 5) is 7.01. The predicted octanol–water partition coefficient (Wildman–Crippen LogP) is 2.18. The van der Waals surface area contributed by atoms with Crippen molar-refractivity contribution >= 4 is 0 Å². The minimum atomic E-state index is 0.653. The predicted molar refractivity (Wildman–Crippen MR) is 77.1 cm³/mol. The van der Waals surface area contributed by atoms with Crippen molar-refractivity contribution in [2.45, 2.75) is 64.2 Å². The number of imidazole rings is 1. The van der Waals surface area contributed by atoms with Gasteiger partial charge in [0.05, 0.1) is 12.0 Å². The first kappa shape index (κ1) is 13.1. The zero-order chi connectivity index (χ0) is 13.2. The highest BCUT2D eigenvalue weighted by Gasteiger charge is 2.29. The molecule has 0 spiro atoms. The zero-order valence-corrected chi connectivity index (χ0v) is 12.2. The van der Waals surface area contributed by atoms with Gasteiger partial charge in [-0.3, -0.25) is 4.90 Å². The third-order valence-electron chi connectivity index (χ3n) is 4.63. The molecule has 2 unspecified atom stereocenters. The Bertz CT molecular complexity index is 410. The Morgan fingerprint density at radius 2 is 2.16 bits per heavy atom. The fourth-order valence-electron chi connectivity index (χ4n) is 3.14. The van der Waals surface area contributed by atoms with E-state index >= 15 is 0 Å². The summed E-state index contributed by atoms with van der Waals surface area (Å²) in [7, 11) is 0. The number of nitrogens with one attached hydrogen (secondary N) is 1. The first-order valence-electron chi connectivity index (χ1n) is 7.80. The molecule has 106 valence electrons. The molecular formula is C15H26N4. The van der Waals surface area contributed by atoms with Gasteiger partial charge in [-0.15, -0.1) is 0 Å². The third-order valence-corrected chi connectivity index (χ3v) is 4.63. The van der Waals surface area contributed by atoms with E-state index in [9.17, 15) is 0 Å². The van der Waals surface area contributed by atoms with Gasteiger partial charge in [0.2, 0.25) is 0 Å². The van der Waals surface area contributed by atoms with E-state index in [1.807, 2.05) is 6.33 Å². The molecule has 1 N–H and O–H groups in total. The van der Waals surface area contributed by atoms with Crippen molar-refractivity contribution in [3.05, 3.63) is 18.2 Å². The molecule has 1 aliphatic heterocycles. The number of nitrogens with zero attached hydrogens (tertiary/aromatic N) is 3. The van der Waals surface area contributed by atoms with E-state index in [2.05, 4.69) is 39.8 Å². The summed E-state index contributed by atoms with van der Waals surface area (Å²) in [6.45, 7) is 7.94. The molecular weight excluding hydrogens is 236 g/mol. The average Bonchev–Trinajstić information content (AvgIpc) is 3.19. The molecule has 1 aromatic heterocycles. The van der Waals surface area contributed by atoms with Crippen LogP contribution in [-0.2, 0) is 6.54 Å². The minimum absolute atomic E-state index is 0.653.